The van der Waals surface area contributed by atoms with Crippen LogP contribution in [0.15, 0.2) is 42.5 Å². The van der Waals surface area contributed by atoms with E-state index in [4.69, 9.17) is 0 Å². The molecule has 1 heterocycles. The van der Waals surface area contributed by atoms with Crippen LogP contribution < -0.4 is 10.6 Å². The summed E-state index contributed by atoms with van der Waals surface area (Å²) < 4.78 is 26.5. The van der Waals surface area contributed by atoms with Crippen LogP contribution in [0.2, 0.25) is 0 Å². The molecule has 2 N–H and O–H groups in total. The molecule has 5 nitrogen and oxygen atoms in total. The van der Waals surface area contributed by atoms with Crippen LogP contribution in [0, 0.1) is 17.0 Å². The first-order valence-electron chi connectivity index (χ1n) is 10.5. The maximum Gasteiger partial charge on any atom is 0.251 e. The van der Waals surface area contributed by atoms with Crippen LogP contribution in [-0.4, -0.2) is 35.8 Å². The van der Waals surface area contributed by atoms with Crippen molar-refractivity contribution in [2.45, 2.75) is 46.2 Å². The van der Waals surface area contributed by atoms with E-state index in [1.54, 1.807) is 30.3 Å². The average molecular weight is 430 g/mol. The Kier molecular flexibility index (Phi) is 7.05. The Morgan fingerprint density at radius 3 is 2.39 bits per heavy atom. The second-order valence-electron chi connectivity index (χ2n) is 9.06. The number of benzene rings is 2. The number of anilines is 1. The molecule has 1 aliphatic heterocycles. The molecule has 1 fully saturated rings. The molecular formula is C24H29F2N3O2. The first kappa shape index (κ1) is 22.9. The van der Waals surface area contributed by atoms with Gasteiger partial charge in [0.1, 0.15) is 0 Å². The summed E-state index contributed by atoms with van der Waals surface area (Å²) in [5.74, 6) is -1.96. The van der Waals surface area contributed by atoms with E-state index < -0.39 is 17.0 Å². The lowest BCUT2D eigenvalue weighted by Crippen LogP contribution is -2.44. The zero-order valence-electron chi connectivity index (χ0n) is 18.2. The van der Waals surface area contributed by atoms with Gasteiger partial charge in [0.25, 0.3) is 5.91 Å². The number of nitrogens with one attached hydrogen (secondary N) is 2. The van der Waals surface area contributed by atoms with Gasteiger partial charge in [-0.25, -0.2) is 8.78 Å². The zero-order chi connectivity index (χ0) is 22.6. The number of amides is 2. The van der Waals surface area contributed by atoms with Crippen LogP contribution in [0.5, 0.6) is 0 Å². The molecule has 0 bridgehead atoms. The molecule has 3 rings (SSSR count). The van der Waals surface area contributed by atoms with Crippen LogP contribution in [-0.2, 0) is 11.3 Å². The van der Waals surface area contributed by atoms with Gasteiger partial charge >= 0.3 is 0 Å². The largest absolute Gasteiger partial charge is 0.349 e. The fraction of sp³-hybridized carbons (Fsp3) is 0.417. The quantitative estimate of drug-likeness (QED) is 0.743. The van der Waals surface area contributed by atoms with Crippen molar-refractivity contribution in [2.24, 2.45) is 5.41 Å². The number of piperidine rings is 1. The lowest BCUT2D eigenvalue weighted by atomic mass is 9.95. The Bertz CT molecular complexity index is 948. The highest BCUT2D eigenvalue weighted by Gasteiger charge is 2.23. The number of carbonyl (C=O) groups excluding carboxylic acids is 2. The predicted octanol–water partition coefficient (Wildman–Crippen LogP) is 4.34. The van der Waals surface area contributed by atoms with Gasteiger partial charge in [0, 0.05) is 42.3 Å². The van der Waals surface area contributed by atoms with E-state index in [1.807, 2.05) is 20.8 Å². The molecule has 1 saturated heterocycles. The molecule has 2 amide bonds. The maximum atomic E-state index is 13.4. The summed E-state index contributed by atoms with van der Waals surface area (Å²) in [6.07, 6.45) is 1.55. The Labute approximate surface area is 181 Å². The van der Waals surface area contributed by atoms with Crippen molar-refractivity contribution in [3.63, 3.8) is 0 Å². The van der Waals surface area contributed by atoms with Gasteiger partial charge in [-0.15, -0.1) is 0 Å². The van der Waals surface area contributed by atoms with Crippen molar-refractivity contribution in [3.05, 3.63) is 65.2 Å². The standard InChI is InChI=1S/C24H29F2N3O2/c1-24(2,3)23(31)28-19-6-4-5-17(14-19)22(30)27-18-9-11-29(12-10-18)15-16-7-8-20(25)21(26)13-16/h4-8,13-14,18H,9-12,15H2,1-3H3,(H,27,30)(H,28,31). The molecule has 0 aromatic heterocycles. The summed E-state index contributed by atoms with van der Waals surface area (Å²) in [6.45, 7) is 7.55. The third kappa shape index (κ3) is 6.34. The van der Waals surface area contributed by atoms with Crippen LogP contribution >= 0.6 is 0 Å². The monoisotopic (exact) mass is 429 g/mol. The topological polar surface area (TPSA) is 61.4 Å². The Hall–Kier alpha value is -2.80. The van der Waals surface area contributed by atoms with E-state index in [1.165, 1.54) is 6.07 Å². The third-order valence-electron chi connectivity index (χ3n) is 5.38. The Morgan fingerprint density at radius 2 is 1.74 bits per heavy atom. The van der Waals surface area contributed by atoms with Gasteiger partial charge in [-0.1, -0.05) is 32.9 Å². The lowest BCUT2D eigenvalue weighted by molar-refractivity contribution is -0.123. The fourth-order valence-corrected chi connectivity index (χ4v) is 3.46. The normalized spacial score (nSPS) is 15.5. The maximum absolute atomic E-state index is 13.4. The number of nitrogens with zero attached hydrogens (tertiary/aromatic N) is 1. The van der Waals surface area contributed by atoms with E-state index in [-0.39, 0.29) is 17.9 Å². The SMILES string of the molecule is CC(C)(C)C(=O)Nc1cccc(C(=O)NC2CCN(Cc3ccc(F)c(F)c3)CC2)c1. The molecule has 0 unspecified atom stereocenters. The van der Waals surface area contributed by atoms with Crippen molar-refractivity contribution in [2.75, 3.05) is 18.4 Å². The van der Waals surface area contributed by atoms with E-state index in [0.717, 1.165) is 37.6 Å². The van der Waals surface area contributed by atoms with E-state index >= 15 is 0 Å². The predicted molar refractivity (Wildman–Crippen MR) is 117 cm³/mol. The molecule has 31 heavy (non-hydrogen) atoms. The average Bonchev–Trinajstić information content (AvgIpc) is 2.71. The molecule has 2 aromatic rings. The molecule has 0 radical (unpaired) electrons. The van der Waals surface area contributed by atoms with Crippen molar-refractivity contribution in [1.82, 2.24) is 10.2 Å². The van der Waals surface area contributed by atoms with Crippen molar-refractivity contribution in [3.8, 4) is 0 Å². The first-order chi connectivity index (χ1) is 14.6. The fourth-order valence-electron chi connectivity index (χ4n) is 3.46. The number of carbonyl (C=O) groups is 2. The Morgan fingerprint density at radius 1 is 1.03 bits per heavy atom. The van der Waals surface area contributed by atoms with Crippen LogP contribution in [0.4, 0.5) is 14.5 Å². The summed E-state index contributed by atoms with van der Waals surface area (Å²) in [5, 5.41) is 5.90. The molecular weight excluding hydrogens is 400 g/mol. The van der Waals surface area contributed by atoms with Gasteiger partial charge in [-0.3, -0.25) is 14.5 Å². The molecule has 166 valence electrons. The summed E-state index contributed by atoms with van der Waals surface area (Å²) in [7, 11) is 0. The van der Waals surface area contributed by atoms with Gasteiger partial charge < -0.3 is 10.6 Å². The molecule has 1 aliphatic rings. The van der Waals surface area contributed by atoms with Crippen LogP contribution in [0.25, 0.3) is 0 Å². The number of likely N-dealkylation sites (tertiary alicyclic amines) is 1. The van der Waals surface area contributed by atoms with Gasteiger partial charge in [0.05, 0.1) is 0 Å². The summed E-state index contributed by atoms with van der Waals surface area (Å²) in [6, 6.07) is 10.9. The number of hydrogen-bond acceptors (Lipinski definition) is 3. The van der Waals surface area contributed by atoms with Crippen molar-refractivity contribution < 1.29 is 18.4 Å². The second kappa shape index (κ2) is 9.56. The van der Waals surface area contributed by atoms with Crippen LogP contribution in [0.3, 0.4) is 0 Å². The highest BCUT2D eigenvalue weighted by molar-refractivity contribution is 5.98. The number of rotatable bonds is 5. The van der Waals surface area contributed by atoms with Crippen molar-refractivity contribution >= 4 is 17.5 Å². The third-order valence-corrected chi connectivity index (χ3v) is 5.38. The van der Waals surface area contributed by atoms with E-state index in [2.05, 4.69) is 15.5 Å². The van der Waals surface area contributed by atoms with E-state index in [9.17, 15) is 18.4 Å². The summed E-state index contributed by atoms with van der Waals surface area (Å²) in [4.78, 5) is 27.0. The number of hydrogen-bond donors (Lipinski definition) is 2. The summed E-state index contributed by atoms with van der Waals surface area (Å²) in [5.41, 5.74) is 1.30. The molecule has 0 aliphatic carbocycles. The van der Waals surface area contributed by atoms with Crippen LogP contribution in [0.1, 0.15) is 49.5 Å². The first-order valence-corrected chi connectivity index (χ1v) is 10.5. The number of halogens is 2. The zero-order valence-corrected chi connectivity index (χ0v) is 18.2. The molecule has 0 saturated carbocycles. The highest BCUT2D eigenvalue weighted by atomic mass is 19.2. The van der Waals surface area contributed by atoms with Crippen molar-refractivity contribution in [1.29, 1.82) is 0 Å². The minimum absolute atomic E-state index is 0.0431. The molecule has 2 aromatic carbocycles. The lowest BCUT2D eigenvalue weighted by Gasteiger charge is -2.32. The molecule has 0 spiro atoms. The molecule has 0 atom stereocenters. The minimum atomic E-state index is -0.841. The summed E-state index contributed by atoms with van der Waals surface area (Å²) >= 11 is 0. The van der Waals surface area contributed by atoms with Gasteiger partial charge in [-0.05, 0) is 48.7 Å². The molecule has 7 heteroatoms. The second-order valence-corrected chi connectivity index (χ2v) is 9.06. The van der Waals surface area contributed by atoms with Gasteiger partial charge in [-0.2, -0.15) is 0 Å². The van der Waals surface area contributed by atoms with Gasteiger partial charge in [0.15, 0.2) is 11.6 Å². The van der Waals surface area contributed by atoms with E-state index in [0.29, 0.717) is 17.8 Å². The smallest absolute Gasteiger partial charge is 0.251 e. The van der Waals surface area contributed by atoms with Gasteiger partial charge in [0.2, 0.25) is 5.91 Å². The highest BCUT2D eigenvalue weighted by Crippen LogP contribution is 2.19. The Balaban J connectivity index is 1.51. The minimum Gasteiger partial charge on any atom is -0.349 e.